The minimum Gasteiger partial charge on any atom is -0.476 e. The Bertz CT molecular complexity index is 713. The van der Waals surface area contributed by atoms with E-state index >= 15 is 0 Å². The highest BCUT2D eigenvalue weighted by Gasteiger charge is 2.14. The number of nitrogens with zero attached hydrogens (tertiary/aromatic N) is 3. The van der Waals surface area contributed by atoms with Crippen LogP contribution in [0.5, 0.6) is 0 Å². The van der Waals surface area contributed by atoms with E-state index in [0.29, 0.717) is 4.96 Å². The number of fused-ring (bicyclic) bond motifs is 1. The molecule has 0 aliphatic carbocycles. The fourth-order valence-electron chi connectivity index (χ4n) is 1.72. The molecule has 0 aliphatic heterocycles. The zero-order chi connectivity index (χ0) is 12.7. The quantitative estimate of drug-likeness (QED) is 0.767. The molecule has 0 amide bonds. The molecule has 0 fully saturated rings. The van der Waals surface area contributed by atoms with Crippen LogP contribution in [0.25, 0.3) is 15.5 Å². The van der Waals surface area contributed by atoms with Crippen molar-refractivity contribution in [3.63, 3.8) is 0 Å². The summed E-state index contributed by atoms with van der Waals surface area (Å²) in [4.78, 5) is 15.4. The van der Waals surface area contributed by atoms with Crippen molar-refractivity contribution in [3.8, 4) is 10.6 Å². The summed E-state index contributed by atoms with van der Waals surface area (Å²) in [5, 5.41) is 14.0. The molecule has 0 radical (unpaired) electrons. The van der Waals surface area contributed by atoms with Gasteiger partial charge in [0, 0.05) is 5.56 Å². The molecule has 1 N–H and O–H groups in total. The van der Waals surface area contributed by atoms with E-state index in [0.717, 1.165) is 16.1 Å². The van der Waals surface area contributed by atoms with Crippen LogP contribution in [0.3, 0.4) is 0 Å². The second kappa shape index (κ2) is 3.92. The number of aromatic carboxylic acids is 1. The van der Waals surface area contributed by atoms with Crippen LogP contribution < -0.4 is 0 Å². The molecule has 90 valence electrons. The standard InChI is InChI=1S/C12H9N3O2S/c1-7-4-2-3-5-8(7)10-14-15-6-9(11(16)17)13-12(15)18-10/h2-6H,1H3,(H,16,17). The highest BCUT2D eigenvalue weighted by molar-refractivity contribution is 7.19. The molecule has 5 nitrogen and oxygen atoms in total. The molecule has 0 saturated carbocycles. The van der Waals surface area contributed by atoms with Crippen molar-refractivity contribution >= 4 is 22.3 Å². The van der Waals surface area contributed by atoms with Gasteiger partial charge in [0.15, 0.2) is 5.69 Å². The van der Waals surface area contributed by atoms with Crippen molar-refractivity contribution < 1.29 is 9.90 Å². The van der Waals surface area contributed by atoms with Crippen molar-refractivity contribution in [2.24, 2.45) is 0 Å². The molecule has 3 rings (SSSR count). The lowest BCUT2D eigenvalue weighted by molar-refractivity contribution is 0.0691. The average molecular weight is 259 g/mol. The lowest BCUT2D eigenvalue weighted by Gasteiger charge is -1.99. The van der Waals surface area contributed by atoms with Crippen LogP contribution in [0.1, 0.15) is 16.1 Å². The Labute approximate surface area is 106 Å². The number of imidazole rings is 1. The second-order valence-corrected chi connectivity index (χ2v) is 4.84. The molecule has 0 unspecified atom stereocenters. The lowest BCUT2D eigenvalue weighted by Crippen LogP contribution is -1.95. The van der Waals surface area contributed by atoms with Gasteiger partial charge in [-0.1, -0.05) is 35.6 Å². The van der Waals surface area contributed by atoms with Gasteiger partial charge in [-0.3, -0.25) is 0 Å². The van der Waals surface area contributed by atoms with Gasteiger partial charge in [0.2, 0.25) is 4.96 Å². The molecular weight excluding hydrogens is 250 g/mol. The van der Waals surface area contributed by atoms with Crippen LogP contribution in [-0.2, 0) is 0 Å². The van der Waals surface area contributed by atoms with Gasteiger partial charge in [0.05, 0.1) is 6.20 Å². The summed E-state index contributed by atoms with van der Waals surface area (Å²) < 4.78 is 1.51. The minimum atomic E-state index is -1.04. The maximum Gasteiger partial charge on any atom is 0.356 e. The molecular formula is C12H9N3O2S. The number of hydrogen-bond donors (Lipinski definition) is 1. The number of rotatable bonds is 2. The second-order valence-electron chi connectivity index (χ2n) is 3.88. The summed E-state index contributed by atoms with van der Waals surface area (Å²) in [6, 6.07) is 7.93. The van der Waals surface area contributed by atoms with E-state index in [1.165, 1.54) is 22.0 Å². The molecule has 18 heavy (non-hydrogen) atoms. The summed E-state index contributed by atoms with van der Waals surface area (Å²) in [7, 11) is 0. The highest BCUT2D eigenvalue weighted by Crippen LogP contribution is 2.27. The Morgan fingerprint density at radius 2 is 2.17 bits per heavy atom. The van der Waals surface area contributed by atoms with Gasteiger partial charge in [-0.25, -0.2) is 14.3 Å². The summed E-state index contributed by atoms with van der Waals surface area (Å²) >= 11 is 1.38. The molecule has 0 atom stereocenters. The van der Waals surface area contributed by atoms with Crippen molar-refractivity contribution in [2.45, 2.75) is 6.92 Å². The highest BCUT2D eigenvalue weighted by atomic mass is 32.1. The first-order chi connectivity index (χ1) is 8.65. The van der Waals surface area contributed by atoms with Crippen molar-refractivity contribution in [1.82, 2.24) is 14.6 Å². The summed E-state index contributed by atoms with van der Waals surface area (Å²) in [5.41, 5.74) is 2.20. The molecule has 0 spiro atoms. The van der Waals surface area contributed by atoms with E-state index in [-0.39, 0.29) is 5.69 Å². The van der Waals surface area contributed by atoms with Crippen LogP contribution >= 0.6 is 11.3 Å². The molecule has 3 aromatic rings. The third kappa shape index (κ3) is 1.67. The Kier molecular flexibility index (Phi) is 2.38. The van der Waals surface area contributed by atoms with Crippen molar-refractivity contribution in [1.29, 1.82) is 0 Å². The number of aromatic nitrogens is 3. The Balaban J connectivity index is 2.12. The van der Waals surface area contributed by atoms with Crippen molar-refractivity contribution in [3.05, 3.63) is 41.7 Å². The monoisotopic (exact) mass is 259 g/mol. The zero-order valence-corrected chi connectivity index (χ0v) is 10.3. The van der Waals surface area contributed by atoms with Crippen LogP contribution in [0.15, 0.2) is 30.5 Å². The van der Waals surface area contributed by atoms with Crippen molar-refractivity contribution in [2.75, 3.05) is 0 Å². The minimum absolute atomic E-state index is 0.0186. The first-order valence-corrected chi connectivity index (χ1v) is 6.12. The molecule has 6 heteroatoms. The van der Waals surface area contributed by atoms with E-state index in [1.54, 1.807) is 0 Å². The van der Waals surface area contributed by atoms with E-state index in [1.807, 2.05) is 31.2 Å². The lowest BCUT2D eigenvalue weighted by atomic mass is 10.1. The molecule has 0 bridgehead atoms. The predicted molar refractivity (Wildman–Crippen MR) is 68.0 cm³/mol. The van der Waals surface area contributed by atoms with Gasteiger partial charge in [-0.2, -0.15) is 5.10 Å². The number of benzene rings is 1. The molecule has 1 aromatic carbocycles. The topological polar surface area (TPSA) is 67.5 Å². The van der Waals surface area contributed by atoms with E-state index < -0.39 is 5.97 Å². The van der Waals surface area contributed by atoms with Gasteiger partial charge < -0.3 is 5.11 Å². The number of hydrogen-bond acceptors (Lipinski definition) is 4. The van der Waals surface area contributed by atoms with E-state index in [2.05, 4.69) is 10.1 Å². The van der Waals surface area contributed by atoms with E-state index in [4.69, 9.17) is 5.11 Å². The Morgan fingerprint density at radius 1 is 1.39 bits per heavy atom. The number of carboxylic acids is 1. The van der Waals surface area contributed by atoms with Gasteiger partial charge in [0.1, 0.15) is 5.01 Å². The largest absolute Gasteiger partial charge is 0.476 e. The van der Waals surface area contributed by atoms with E-state index in [9.17, 15) is 4.79 Å². The number of carbonyl (C=O) groups is 1. The van der Waals surface area contributed by atoms with Gasteiger partial charge >= 0.3 is 5.97 Å². The average Bonchev–Trinajstić information content (AvgIpc) is 2.87. The van der Waals surface area contributed by atoms with Gasteiger partial charge in [-0.15, -0.1) is 0 Å². The molecule has 2 aromatic heterocycles. The summed E-state index contributed by atoms with van der Waals surface area (Å²) in [6.07, 6.45) is 1.43. The Hall–Kier alpha value is -2.21. The maximum absolute atomic E-state index is 10.8. The molecule has 0 aliphatic rings. The van der Waals surface area contributed by atoms with Crippen LogP contribution in [0, 0.1) is 6.92 Å². The Morgan fingerprint density at radius 3 is 2.83 bits per heavy atom. The SMILES string of the molecule is Cc1ccccc1-c1nn2cc(C(=O)O)nc2s1. The third-order valence-electron chi connectivity index (χ3n) is 2.64. The first-order valence-electron chi connectivity index (χ1n) is 5.30. The molecule has 0 saturated heterocycles. The summed E-state index contributed by atoms with van der Waals surface area (Å²) in [6.45, 7) is 2.02. The summed E-state index contributed by atoms with van der Waals surface area (Å²) in [5.74, 6) is -1.04. The number of carboxylic acid groups (broad SMARTS) is 1. The fraction of sp³-hybridized carbons (Fsp3) is 0.0833. The predicted octanol–water partition coefficient (Wildman–Crippen LogP) is 2.46. The first kappa shape index (κ1) is 10.9. The van der Waals surface area contributed by atoms with Gasteiger partial charge in [-0.05, 0) is 12.5 Å². The maximum atomic E-state index is 10.8. The normalized spacial score (nSPS) is 10.9. The van der Waals surface area contributed by atoms with Crippen LogP contribution in [0.4, 0.5) is 0 Å². The van der Waals surface area contributed by atoms with Gasteiger partial charge in [0.25, 0.3) is 0 Å². The smallest absolute Gasteiger partial charge is 0.356 e. The third-order valence-corrected chi connectivity index (χ3v) is 3.59. The fourth-order valence-corrected chi connectivity index (χ4v) is 2.70. The van der Waals surface area contributed by atoms with Crippen LogP contribution in [-0.4, -0.2) is 25.7 Å². The van der Waals surface area contributed by atoms with Crippen LogP contribution in [0.2, 0.25) is 0 Å². The number of aryl methyl sites for hydroxylation is 1. The molecule has 2 heterocycles. The zero-order valence-electron chi connectivity index (χ0n) is 9.49.